The molecule has 0 saturated carbocycles. The van der Waals surface area contributed by atoms with Crippen molar-refractivity contribution in [3.63, 3.8) is 0 Å². The molecule has 4 rings (SSSR count). The number of aromatic amines is 1. The van der Waals surface area contributed by atoms with Crippen LogP contribution in [0.15, 0.2) is 59.6 Å². The van der Waals surface area contributed by atoms with Gasteiger partial charge in [-0.25, -0.2) is 9.98 Å². The van der Waals surface area contributed by atoms with Crippen LogP contribution in [0.5, 0.6) is 0 Å². The largest absolute Gasteiger partial charge is 0.383 e. The SMILES string of the molecule is COCCN(C)C(N)=NC(=C1CCN(c2cccnc2)C1)c1ccc2nc[nH]c2c1. The number of benzene rings is 1. The summed E-state index contributed by atoms with van der Waals surface area (Å²) in [6.45, 7) is 2.98. The highest BCUT2D eigenvalue weighted by molar-refractivity contribution is 5.88. The Morgan fingerprint density at radius 1 is 1.37 bits per heavy atom. The summed E-state index contributed by atoms with van der Waals surface area (Å²) in [6.07, 6.45) is 6.32. The number of nitrogens with two attached hydrogens (primary N) is 1. The third-order valence-electron chi connectivity index (χ3n) is 5.35. The van der Waals surface area contributed by atoms with Gasteiger partial charge in [-0.05, 0) is 36.3 Å². The van der Waals surface area contributed by atoms with E-state index in [2.05, 4.69) is 38.1 Å². The van der Waals surface area contributed by atoms with E-state index in [1.54, 1.807) is 19.6 Å². The minimum absolute atomic E-state index is 0.471. The summed E-state index contributed by atoms with van der Waals surface area (Å²) >= 11 is 0. The zero-order chi connectivity index (χ0) is 20.9. The van der Waals surface area contributed by atoms with Crippen molar-refractivity contribution in [2.24, 2.45) is 10.7 Å². The lowest BCUT2D eigenvalue weighted by molar-refractivity contribution is 0.182. The first-order valence-electron chi connectivity index (χ1n) is 10.0. The summed E-state index contributed by atoms with van der Waals surface area (Å²) in [5.74, 6) is 0.471. The smallest absolute Gasteiger partial charge is 0.196 e. The Labute approximate surface area is 176 Å². The van der Waals surface area contributed by atoms with Crippen LogP contribution >= 0.6 is 0 Å². The number of H-pyrrole nitrogens is 1. The molecular formula is C22H27N7O. The summed E-state index contributed by atoms with van der Waals surface area (Å²) in [4.78, 5) is 20.9. The highest BCUT2D eigenvalue weighted by Crippen LogP contribution is 2.31. The molecule has 0 unspecified atom stereocenters. The second-order valence-electron chi connectivity index (χ2n) is 7.35. The van der Waals surface area contributed by atoms with Crippen molar-refractivity contribution < 1.29 is 4.74 Å². The number of methoxy groups -OCH3 is 1. The Bertz CT molecular complexity index is 1060. The van der Waals surface area contributed by atoms with E-state index in [4.69, 9.17) is 15.5 Å². The van der Waals surface area contributed by atoms with Crippen molar-refractivity contribution in [2.75, 3.05) is 45.3 Å². The number of imidazole rings is 1. The normalized spacial score (nSPS) is 16.3. The van der Waals surface area contributed by atoms with Crippen LogP contribution in [0.25, 0.3) is 16.7 Å². The molecule has 30 heavy (non-hydrogen) atoms. The molecule has 1 saturated heterocycles. The van der Waals surface area contributed by atoms with Gasteiger partial charge in [0, 0.05) is 45.6 Å². The molecule has 1 aliphatic rings. The van der Waals surface area contributed by atoms with E-state index < -0.39 is 0 Å². The molecule has 8 nitrogen and oxygen atoms in total. The molecule has 3 heterocycles. The zero-order valence-electron chi connectivity index (χ0n) is 17.4. The Morgan fingerprint density at radius 3 is 3.07 bits per heavy atom. The maximum absolute atomic E-state index is 6.34. The van der Waals surface area contributed by atoms with Crippen LogP contribution in [0.4, 0.5) is 5.69 Å². The number of hydrogen-bond acceptors (Lipinski definition) is 5. The van der Waals surface area contributed by atoms with Gasteiger partial charge in [0.05, 0.1) is 41.5 Å². The topological polar surface area (TPSA) is 95.7 Å². The highest BCUT2D eigenvalue weighted by Gasteiger charge is 2.22. The van der Waals surface area contributed by atoms with Gasteiger partial charge in [-0.1, -0.05) is 6.07 Å². The van der Waals surface area contributed by atoms with Crippen LogP contribution in [-0.4, -0.2) is 66.2 Å². The van der Waals surface area contributed by atoms with Crippen LogP contribution < -0.4 is 10.6 Å². The Morgan fingerprint density at radius 2 is 2.27 bits per heavy atom. The number of ether oxygens (including phenoxy) is 1. The average Bonchev–Trinajstić information content (AvgIpc) is 3.45. The Balaban J connectivity index is 1.71. The number of nitrogens with one attached hydrogen (secondary N) is 1. The quantitative estimate of drug-likeness (QED) is 0.483. The van der Waals surface area contributed by atoms with Gasteiger partial charge in [-0.15, -0.1) is 0 Å². The molecule has 3 aromatic rings. The summed E-state index contributed by atoms with van der Waals surface area (Å²) in [5.41, 5.74) is 12.6. The molecule has 1 aliphatic heterocycles. The van der Waals surface area contributed by atoms with E-state index in [-0.39, 0.29) is 0 Å². The number of nitrogens with zero attached hydrogens (tertiary/aromatic N) is 5. The van der Waals surface area contributed by atoms with Gasteiger partial charge in [0.2, 0.25) is 0 Å². The second kappa shape index (κ2) is 8.96. The summed E-state index contributed by atoms with van der Waals surface area (Å²) in [6, 6.07) is 10.2. The molecule has 2 aromatic heterocycles. The summed E-state index contributed by atoms with van der Waals surface area (Å²) in [7, 11) is 3.61. The lowest BCUT2D eigenvalue weighted by Gasteiger charge is -2.19. The number of fused-ring (bicyclic) bond motifs is 1. The van der Waals surface area contributed by atoms with Gasteiger partial charge in [0.1, 0.15) is 0 Å². The van der Waals surface area contributed by atoms with E-state index in [1.807, 2.05) is 30.3 Å². The van der Waals surface area contributed by atoms with Gasteiger partial charge in [0.15, 0.2) is 5.96 Å². The van der Waals surface area contributed by atoms with Gasteiger partial charge >= 0.3 is 0 Å². The third kappa shape index (κ3) is 4.28. The first kappa shape index (κ1) is 19.9. The van der Waals surface area contributed by atoms with Crippen LogP contribution in [0.3, 0.4) is 0 Å². The summed E-state index contributed by atoms with van der Waals surface area (Å²) in [5, 5.41) is 0. The lowest BCUT2D eigenvalue weighted by atomic mass is 10.1. The van der Waals surface area contributed by atoms with Crippen LogP contribution in [0.1, 0.15) is 12.0 Å². The lowest BCUT2D eigenvalue weighted by Crippen LogP contribution is -2.36. The van der Waals surface area contributed by atoms with Gasteiger partial charge in [-0.2, -0.15) is 0 Å². The van der Waals surface area contributed by atoms with Crippen LogP contribution in [0.2, 0.25) is 0 Å². The van der Waals surface area contributed by atoms with Crippen molar-refractivity contribution in [3.05, 3.63) is 60.2 Å². The number of anilines is 1. The molecule has 1 fully saturated rings. The fourth-order valence-electron chi connectivity index (χ4n) is 3.59. The summed E-state index contributed by atoms with van der Waals surface area (Å²) < 4.78 is 5.17. The third-order valence-corrected chi connectivity index (χ3v) is 5.35. The average molecular weight is 406 g/mol. The molecule has 156 valence electrons. The van der Waals surface area contributed by atoms with Gasteiger partial charge in [-0.3, -0.25) is 4.98 Å². The molecule has 8 heteroatoms. The van der Waals surface area contributed by atoms with E-state index in [1.165, 1.54) is 5.57 Å². The predicted molar refractivity (Wildman–Crippen MR) is 120 cm³/mol. The minimum atomic E-state index is 0.471. The number of pyridine rings is 1. The fraction of sp³-hybridized carbons (Fsp3) is 0.318. The minimum Gasteiger partial charge on any atom is -0.383 e. The van der Waals surface area contributed by atoms with Gasteiger partial charge in [0.25, 0.3) is 0 Å². The van der Waals surface area contributed by atoms with E-state index in [9.17, 15) is 0 Å². The zero-order valence-corrected chi connectivity index (χ0v) is 17.4. The molecule has 0 amide bonds. The Hall–Kier alpha value is -3.39. The number of guanidine groups is 1. The Kier molecular flexibility index (Phi) is 5.94. The fourth-order valence-corrected chi connectivity index (χ4v) is 3.59. The van der Waals surface area contributed by atoms with Crippen LogP contribution in [0, 0.1) is 0 Å². The number of rotatable bonds is 6. The van der Waals surface area contributed by atoms with Crippen molar-refractivity contribution in [2.45, 2.75) is 6.42 Å². The molecule has 0 atom stereocenters. The molecule has 0 spiro atoms. The number of likely N-dealkylation sites (N-methyl/N-ethyl adjacent to an activating group) is 1. The van der Waals surface area contributed by atoms with Crippen molar-refractivity contribution in [1.29, 1.82) is 0 Å². The maximum atomic E-state index is 6.34. The van der Waals surface area contributed by atoms with Crippen molar-refractivity contribution in [1.82, 2.24) is 19.9 Å². The molecule has 0 radical (unpaired) electrons. The molecule has 0 aliphatic carbocycles. The van der Waals surface area contributed by atoms with Crippen molar-refractivity contribution in [3.8, 4) is 0 Å². The number of aliphatic imine (C=N–C) groups is 1. The van der Waals surface area contributed by atoms with E-state index >= 15 is 0 Å². The standard InChI is InChI=1S/C22H27N7O/c1-28(10-11-30-2)22(23)27-21(16-5-6-19-20(12-16)26-15-25-19)17-7-9-29(14-17)18-4-3-8-24-13-18/h3-6,8,12-13,15H,7,9-11,14H2,1-2H3,(H2,23,27)(H,25,26). The predicted octanol–water partition coefficient (Wildman–Crippen LogP) is 2.47. The monoisotopic (exact) mass is 405 g/mol. The number of hydrogen-bond donors (Lipinski definition) is 2. The van der Waals surface area contributed by atoms with E-state index in [0.29, 0.717) is 19.1 Å². The number of aromatic nitrogens is 3. The first-order valence-corrected chi connectivity index (χ1v) is 10.0. The molecule has 0 bridgehead atoms. The molecular weight excluding hydrogens is 378 g/mol. The highest BCUT2D eigenvalue weighted by atomic mass is 16.5. The van der Waals surface area contributed by atoms with Crippen LogP contribution in [-0.2, 0) is 4.74 Å². The van der Waals surface area contributed by atoms with Gasteiger partial charge < -0.3 is 25.3 Å². The van der Waals surface area contributed by atoms with Crippen molar-refractivity contribution >= 4 is 28.4 Å². The second-order valence-corrected chi connectivity index (χ2v) is 7.35. The molecule has 3 N–H and O–H groups in total. The van der Waals surface area contributed by atoms with E-state index in [0.717, 1.165) is 47.5 Å². The molecule has 1 aromatic carbocycles. The maximum Gasteiger partial charge on any atom is 0.196 e. The first-order chi connectivity index (χ1) is 14.7.